The van der Waals surface area contributed by atoms with Crippen LogP contribution in [-0.2, 0) is 9.53 Å². The summed E-state index contributed by atoms with van der Waals surface area (Å²) in [6, 6.07) is 0. The van der Waals surface area contributed by atoms with Gasteiger partial charge in [-0.05, 0) is 25.8 Å². The monoisotopic (exact) mass is 155 g/mol. The van der Waals surface area contributed by atoms with Crippen LogP contribution >= 0.6 is 0 Å². The molecule has 0 rings (SSSR count). The highest BCUT2D eigenvalue weighted by atomic mass is 16.5. The molecule has 0 saturated heterocycles. The molecule has 3 heteroatoms. The Morgan fingerprint density at radius 3 is 3.00 bits per heavy atom. The van der Waals surface area contributed by atoms with Gasteiger partial charge in [-0.2, -0.15) is 0 Å². The van der Waals surface area contributed by atoms with Gasteiger partial charge >= 0.3 is 5.97 Å². The number of aliphatic imine (C=N–C) groups is 1. The van der Waals surface area contributed by atoms with Crippen LogP contribution in [0.5, 0.6) is 0 Å². The van der Waals surface area contributed by atoms with E-state index in [0.29, 0.717) is 26.0 Å². The molecule has 0 aliphatic rings. The van der Waals surface area contributed by atoms with Crippen molar-refractivity contribution in [1.82, 2.24) is 0 Å². The van der Waals surface area contributed by atoms with Crippen LogP contribution in [0.2, 0.25) is 0 Å². The van der Waals surface area contributed by atoms with Crippen molar-refractivity contribution in [3.63, 3.8) is 0 Å². The fourth-order valence-electron chi connectivity index (χ4n) is 0.615. The largest absolute Gasteiger partial charge is 0.466 e. The maximum Gasteiger partial charge on any atom is 0.305 e. The highest BCUT2D eigenvalue weighted by molar-refractivity contribution is 5.69. The van der Waals surface area contributed by atoms with Crippen molar-refractivity contribution in [2.75, 3.05) is 13.2 Å². The predicted molar refractivity (Wildman–Crippen MR) is 43.8 cm³/mol. The van der Waals surface area contributed by atoms with E-state index in [1.54, 1.807) is 6.92 Å². The number of hydrogen-bond donors (Lipinski definition) is 0. The Labute approximate surface area is 66.8 Å². The van der Waals surface area contributed by atoms with Crippen molar-refractivity contribution in [2.24, 2.45) is 4.99 Å². The van der Waals surface area contributed by atoms with E-state index in [4.69, 9.17) is 4.74 Å². The lowest BCUT2D eigenvalue weighted by molar-refractivity contribution is -0.143. The summed E-state index contributed by atoms with van der Waals surface area (Å²) in [5.41, 5.74) is 0. The highest BCUT2D eigenvalue weighted by Gasteiger charge is 1.98. The molecular formula is C8H13NO2. The molecule has 0 spiro atoms. The number of hydrogen-bond acceptors (Lipinski definition) is 3. The van der Waals surface area contributed by atoms with Gasteiger partial charge in [-0.15, -0.1) is 0 Å². The molecule has 0 amide bonds. The molecule has 62 valence electrons. The van der Waals surface area contributed by atoms with Gasteiger partial charge in [0.1, 0.15) is 0 Å². The van der Waals surface area contributed by atoms with Crippen LogP contribution in [-0.4, -0.2) is 25.0 Å². The lowest BCUT2D eigenvalue weighted by Crippen LogP contribution is -2.03. The van der Waals surface area contributed by atoms with E-state index in [-0.39, 0.29) is 5.97 Å². The molecular weight excluding hydrogens is 142 g/mol. The first kappa shape index (κ1) is 9.92. The van der Waals surface area contributed by atoms with Crippen LogP contribution in [0.15, 0.2) is 11.6 Å². The molecule has 0 unspecified atom stereocenters. The summed E-state index contributed by atoms with van der Waals surface area (Å²) < 4.78 is 4.71. The quantitative estimate of drug-likeness (QED) is 0.340. The second kappa shape index (κ2) is 7.03. The summed E-state index contributed by atoms with van der Waals surface area (Å²) in [6.07, 6.45) is 1.14. The fraction of sp³-hybridized carbons (Fsp3) is 0.625. The normalized spacial score (nSPS) is 8.45. The second-order valence-corrected chi connectivity index (χ2v) is 1.95. The van der Waals surface area contributed by atoms with Crippen LogP contribution in [0.25, 0.3) is 0 Å². The van der Waals surface area contributed by atoms with E-state index >= 15 is 0 Å². The Bertz CT molecular complexity index is 159. The molecule has 0 fully saturated rings. The van der Waals surface area contributed by atoms with Gasteiger partial charge in [0.15, 0.2) is 0 Å². The molecule has 0 aromatic heterocycles. The first-order valence-electron chi connectivity index (χ1n) is 3.65. The van der Waals surface area contributed by atoms with Crippen molar-refractivity contribution in [3.8, 4) is 0 Å². The molecule has 11 heavy (non-hydrogen) atoms. The topological polar surface area (TPSA) is 38.7 Å². The zero-order valence-corrected chi connectivity index (χ0v) is 6.80. The SMILES string of the molecule is C=C=NCCCC(=O)OCC. The summed E-state index contributed by atoms with van der Waals surface area (Å²) in [5, 5.41) is 0. The Morgan fingerprint density at radius 2 is 2.45 bits per heavy atom. The van der Waals surface area contributed by atoms with Crippen LogP contribution < -0.4 is 0 Å². The van der Waals surface area contributed by atoms with Gasteiger partial charge in [0.05, 0.1) is 6.61 Å². The molecule has 0 aromatic rings. The van der Waals surface area contributed by atoms with Crippen LogP contribution in [0.4, 0.5) is 0 Å². The third-order valence-corrected chi connectivity index (χ3v) is 1.07. The third kappa shape index (κ3) is 6.81. The lowest BCUT2D eigenvalue weighted by atomic mass is 10.3. The van der Waals surface area contributed by atoms with Gasteiger partial charge in [0, 0.05) is 13.0 Å². The summed E-state index contributed by atoms with van der Waals surface area (Å²) in [7, 11) is 0. The average Bonchev–Trinajstić information content (AvgIpc) is 1.99. The number of ether oxygens (including phenoxy) is 1. The number of rotatable bonds is 5. The Balaban J connectivity index is 3.23. The van der Waals surface area contributed by atoms with Gasteiger partial charge in [0.2, 0.25) is 0 Å². The Hall–Kier alpha value is -1.08. The smallest absolute Gasteiger partial charge is 0.305 e. The predicted octanol–water partition coefficient (Wildman–Crippen LogP) is 1.19. The molecule has 0 aliphatic carbocycles. The first-order chi connectivity index (χ1) is 5.31. The van der Waals surface area contributed by atoms with Gasteiger partial charge in [-0.1, -0.05) is 0 Å². The summed E-state index contributed by atoms with van der Waals surface area (Å²) in [6.45, 7) is 6.14. The van der Waals surface area contributed by atoms with E-state index in [0.717, 1.165) is 0 Å². The molecule has 0 heterocycles. The van der Waals surface area contributed by atoms with E-state index in [9.17, 15) is 4.79 Å². The lowest BCUT2D eigenvalue weighted by Gasteiger charge is -1.98. The standard InChI is InChI=1S/C8H13NO2/c1-3-9-7-5-6-8(10)11-4-2/h1,4-7H2,2H3. The third-order valence-electron chi connectivity index (χ3n) is 1.07. The van der Waals surface area contributed by atoms with E-state index in [2.05, 4.69) is 17.4 Å². The van der Waals surface area contributed by atoms with Crippen molar-refractivity contribution in [2.45, 2.75) is 19.8 Å². The van der Waals surface area contributed by atoms with Gasteiger partial charge in [-0.3, -0.25) is 4.79 Å². The number of nitrogens with zero attached hydrogens (tertiary/aromatic N) is 1. The molecule has 0 bridgehead atoms. The minimum atomic E-state index is -0.160. The minimum absolute atomic E-state index is 0.160. The first-order valence-corrected chi connectivity index (χ1v) is 3.65. The molecule has 0 N–H and O–H groups in total. The summed E-state index contributed by atoms with van der Waals surface area (Å²) >= 11 is 0. The van der Waals surface area contributed by atoms with Crippen molar-refractivity contribution < 1.29 is 9.53 Å². The van der Waals surface area contributed by atoms with E-state index in [1.165, 1.54) is 0 Å². The van der Waals surface area contributed by atoms with E-state index in [1.807, 2.05) is 0 Å². The fourth-order valence-corrected chi connectivity index (χ4v) is 0.615. The minimum Gasteiger partial charge on any atom is -0.466 e. The number of carbonyl (C=O) groups excluding carboxylic acids is 1. The maximum atomic E-state index is 10.7. The molecule has 0 saturated carbocycles. The number of esters is 1. The van der Waals surface area contributed by atoms with Crippen LogP contribution in [0.3, 0.4) is 0 Å². The average molecular weight is 155 g/mol. The maximum absolute atomic E-state index is 10.7. The molecule has 0 aliphatic heterocycles. The van der Waals surface area contributed by atoms with Crippen LogP contribution in [0.1, 0.15) is 19.8 Å². The second-order valence-electron chi connectivity index (χ2n) is 1.95. The van der Waals surface area contributed by atoms with Gasteiger partial charge in [-0.25, -0.2) is 4.99 Å². The van der Waals surface area contributed by atoms with Crippen molar-refractivity contribution in [1.29, 1.82) is 0 Å². The molecule has 0 aromatic carbocycles. The zero-order valence-electron chi connectivity index (χ0n) is 6.80. The number of carbonyl (C=O) groups is 1. The van der Waals surface area contributed by atoms with Crippen molar-refractivity contribution in [3.05, 3.63) is 6.58 Å². The van der Waals surface area contributed by atoms with E-state index < -0.39 is 0 Å². The molecule has 0 atom stereocenters. The highest BCUT2D eigenvalue weighted by Crippen LogP contribution is 1.92. The molecule has 3 nitrogen and oxygen atoms in total. The Kier molecular flexibility index (Phi) is 6.34. The van der Waals surface area contributed by atoms with Crippen molar-refractivity contribution >= 4 is 11.8 Å². The Morgan fingerprint density at radius 1 is 1.73 bits per heavy atom. The molecule has 0 radical (unpaired) electrons. The zero-order chi connectivity index (χ0) is 8.53. The summed E-state index contributed by atoms with van der Waals surface area (Å²) in [5.74, 6) is 2.24. The van der Waals surface area contributed by atoms with Crippen LogP contribution in [0, 0.1) is 0 Å². The van der Waals surface area contributed by atoms with Gasteiger partial charge in [0.25, 0.3) is 0 Å². The summed E-state index contributed by atoms with van der Waals surface area (Å²) in [4.78, 5) is 14.4. The van der Waals surface area contributed by atoms with Gasteiger partial charge < -0.3 is 4.74 Å².